The van der Waals surface area contributed by atoms with E-state index >= 15 is 0 Å². The van der Waals surface area contributed by atoms with Crippen LogP contribution >= 0.6 is 0 Å². The third-order valence-electron chi connectivity index (χ3n) is 3.29. The Kier molecular flexibility index (Phi) is 4.42. The van der Waals surface area contributed by atoms with Crippen LogP contribution in [-0.2, 0) is 0 Å². The van der Waals surface area contributed by atoms with Gasteiger partial charge in [0, 0.05) is 11.1 Å². The van der Waals surface area contributed by atoms with Crippen molar-refractivity contribution in [3.63, 3.8) is 0 Å². The van der Waals surface area contributed by atoms with Crippen LogP contribution in [0.3, 0.4) is 0 Å². The number of anilines is 1. The van der Waals surface area contributed by atoms with Gasteiger partial charge in [0.15, 0.2) is 0 Å². The summed E-state index contributed by atoms with van der Waals surface area (Å²) >= 11 is 0. The number of hydrogen-bond donors (Lipinski definition) is 1. The van der Waals surface area contributed by atoms with E-state index in [2.05, 4.69) is 15.5 Å². The van der Waals surface area contributed by atoms with Crippen LogP contribution < -0.4 is 14.8 Å². The maximum Gasteiger partial charge on any atom is 0.322 e. The van der Waals surface area contributed by atoms with Crippen molar-refractivity contribution in [3.05, 3.63) is 54.1 Å². The Balaban J connectivity index is 1.77. The molecular formula is C17H15N3O4. The molecule has 7 heteroatoms. The van der Waals surface area contributed by atoms with Crippen LogP contribution in [0.15, 0.2) is 52.9 Å². The summed E-state index contributed by atoms with van der Waals surface area (Å²) in [5.74, 6) is 1.18. The van der Waals surface area contributed by atoms with Gasteiger partial charge in [0.2, 0.25) is 5.89 Å². The second-order valence-corrected chi connectivity index (χ2v) is 4.83. The Morgan fingerprint density at radius 3 is 2.46 bits per heavy atom. The molecule has 24 heavy (non-hydrogen) atoms. The van der Waals surface area contributed by atoms with Crippen LogP contribution in [0.2, 0.25) is 0 Å². The fraction of sp³-hybridized carbons (Fsp3) is 0.118. The van der Waals surface area contributed by atoms with Gasteiger partial charge in [-0.3, -0.25) is 10.1 Å². The first-order valence-electron chi connectivity index (χ1n) is 7.13. The number of nitrogens with one attached hydrogen (secondary N) is 1. The summed E-state index contributed by atoms with van der Waals surface area (Å²) in [5.41, 5.74) is 1.12. The van der Waals surface area contributed by atoms with E-state index in [0.717, 1.165) is 0 Å². The number of nitrogens with zero attached hydrogens (tertiary/aromatic N) is 2. The van der Waals surface area contributed by atoms with Gasteiger partial charge in [0.25, 0.3) is 5.91 Å². The molecule has 122 valence electrons. The fourth-order valence-corrected chi connectivity index (χ4v) is 2.08. The van der Waals surface area contributed by atoms with E-state index in [4.69, 9.17) is 13.9 Å². The molecule has 7 nitrogen and oxygen atoms in total. The maximum absolute atomic E-state index is 12.2. The van der Waals surface area contributed by atoms with Gasteiger partial charge in [-0.05, 0) is 36.4 Å². The predicted molar refractivity (Wildman–Crippen MR) is 87.2 cm³/mol. The average molecular weight is 325 g/mol. The molecule has 2 aromatic carbocycles. The molecule has 1 heterocycles. The number of rotatable bonds is 5. The number of methoxy groups -OCH3 is 2. The third kappa shape index (κ3) is 3.35. The normalized spacial score (nSPS) is 10.2. The monoisotopic (exact) mass is 325 g/mol. The van der Waals surface area contributed by atoms with Gasteiger partial charge < -0.3 is 13.9 Å². The van der Waals surface area contributed by atoms with E-state index in [1.807, 2.05) is 18.2 Å². The molecular weight excluding hydrogens is 310 g/mol. The minimum atomic E-state index is -0.366. The van der Waals surface area contributed by atoms with E-state index in [-0.39, 0.29) is 17.8 Å². The zero-order valence-corrected chi connectivity index (χ0v) is 13.1. The molecule has 1 amide bonds. The molecule has 0 spiro atoms. The molecule has 3 aromatic rings. The van der Waals surface area contributed by atoms with E-state index in [0.29, 0.717) is 22.6 Å². The van der Waals surface area contributed by atoms with Crippen molar-refractivity contribution in [2.45, 2.75) is 0 Å². The summed E-state index contributed by atoms with van der Waals surface area (Å²) in [4.78, 5) is 12.2. The van der Waals surface area contributed by atoms with Crippen LogP contribution in [0.4, 0.5) is 6.01 Å². The second kappa shape index (κ2) is 6.82. The minimum Gasteiger partial charge on any atom is -0.497 e. The first-order valence-corrected chi connectivity index (χ1v) is 7.13. The molecule has 0 bridgehead atoms. The summed E-state index contributed by atoms with van der Waals surface area (Å²) in [6.07, 6.45) is 0. The van der Waals surface area contributed by atoms with Gasteiger partial charge in [0.1, 0.15) is 11.5 Å². The number of hydrogen-bond acceptors (Lipinski definition) is 6. The zero-order chi connectivity index (χ0) is 16.9. The molecule has 0 aliphatic heterocycles. The molecule has 0 aliphatic rings. The van der Waals surface area contributed by atoms with Crippen molar-refractivity contribution in [2.75, 3.05) is 19.5 Å². The Labute approximate surface area is 138 Å². The maximum atomic E-state index is 12.2. The van der Waals surface area contributed by atoms with Crippen molar-refractivity contribution in [1.82, 2.24) is 10.2 Å². The number of aromatic nitrogens is 2. The van der Waals surface area contributed by atoms with Crippen molar-refractivity contribution in [3.8, 4) is 23.0 Å². The highest BCUT2D eigenvalue weighted by Gasteiger charge is 2.13. The minimum absolute atomic E-state index is 0.0145. The largest absolute Gasteiger partial charge is 0.497 e. The van der Waals surface area contributed by atoms with Crippen molar-refractivity contribution in [1.29, 1.82) is 0 Å². The van der Waals surface area contributed by atoms with Gasteiger partial charge in [-0.25, -0.2) is 0 Å². The molecule has 0 aliphatic carbocycles. The second-order valence-electron chi connectivity index (χ2n) is 4.83. The average Bonchev–Trinajstić information content (AvgIpc) is 3.10. The smallest absolute Gasteiger partial charge is 0.322 e. The summed E-state index contributed by atoms with van der Waals surface area (Å²) in [7, 11) is 3.11. The van der Waals surface area contributed by atoms with Crippen LogP contribution in [0, 0.1) is 0 Å². The van der Waals surface area contributed by atoms with Gasteiger partial charge in [-0.2, -0.15) is 0 Å². The number of amides is 1. The lowest BCUT2D eigenvalue weighted by atomic mass is 10.2. The lowest BCUT2D eigenvalue weighted by Gasteiger charge is -2.03. The first-order chi connectivity index (χ1) is 11.7. The molecule has 1 aromatic heterocycles. The van der Waals surface area contributed by atoms with Crippen LogP contribution in [-0.4, -0.2) is 30.3 Å². The number of ether oxygens (including phenoxy) is 2. The molecule has 0 unspecified atom stereocenters. The van der Waals surface area contributed by atoms with E-state index < -0.39 is 0 Å². The Hall–Kier alpha value is -3.35. The number of benzene rings is 2. The standard InChI is InChI=1S/C17H15N3O4/c1-22-13-7-3-5-11(9-13)15(21)18-17-20-19-16(24-17)12-6-4-8-14(10-12)23-2/h3-10H,1-2H3,(H,18,20,21). The van der Waals surface area contributed by atoms with Gasteiger partial charge >= 0.3 is 6.01 Å². The van der Waals surface area contributed by atoms with Crippen LogP contribution in [0.1, 0.15) is 10.4 Å². The van der Waals surface area contributed by atoms with Gasteiger partial charge in [0.05, 0.1) is 14.2 Å². The van der Waals surface area contributed by atoms with Crippen molar-refractivity contribution < 1.29 is 18.7 Å². The van der Waals surface area contributed by atoms with Gasteiger partial charge in [-0.15, -0.1) is 5.10 Å². The molecule has 0 atom stereocenters. The summed E-state index contributed by atoms with van der Waals surface area (Å²) < 4.78 is 15.7. The Bertz CT molecular complexity index is 860. The fourth-order valence-electron chi connectivity index (χ4n) is 2.08. The molecule has 0 saturated carbocycles. The highest BCUT2D eigenvalue weighted by molar-refractivity contribution is 6.03. The van der Waals surface area contributed by atoms with Crippen LogP contribution in [0.5, 0.6) is 11.5 Å². The molecule has 1 N–H and O–H groups in total. The number of carbonyl (C=O) groups is 1. The highest BCUT2D eigenvalue weighted by atomic mass is 16.5. The van der Waals surface area contributed by atoms with Crippen molar-refractivity contribution >= 4 is 11.9 Å². The van der Waals surface area contributed by atoms with E-state index in [9.17, 15) is 4.79 Å². The quantitative estimate of drug-likeness (QED) is 0.776. The van der Waals surface area contributed by atoms with E-state index in [1.165, 1.54) is 7.11 Å². The molecule has 0 radical (unpaired) electrons. The zero-order valence-electron chi connectivity index (χ0n) is 13.1. The summed E-state index contributed by atoms with van der Waals surface area (Å²) in [6, 6.07) is 14.0. The lowest BCUT2D eigenvalue weighted by molar-refractivity contribution is 0.102. The first kappa shape index (κ1) is 15.5. The Morgan fingerprint density at radius 1 is 1.00 bits per heavy atom. The summed E-state index contributed by atoms with van der Waals surface area (Å²) in [6.45, 7) is 0. The van der Waals surface area contributed by atoms with Crippen LogP contribution in [0.25, 0.3) is 11.5 Å². The number of carbonyl (C=O) groups excluding carboxylic acids is 1. The highest BCUT2D eigenvalue weighted by Crippen LogP contribution is 2.24. The van der Waals surface area contributed by atoms with Crippen molar-refractivity contribution in [2.24, 2.45) is 0 Å². The molecule has 0 saturated heterocycles. The van der Waals surface area contributed by atoms with E-state index in [1.54, 1.807) is 37.4 Å². The molecule has 3 rings (SSSR count). The summed E-state index contributed by atoms with van der Waals surface area (Å²) in [5, 5.41) is 10.3. The lowest BCUT2D eigenvalue weighted by Crippen LogP contribution is -2.12. The Morgan fingerprint density at radius 2 is 1.71 bits per heavy atom. The predicted octanol–water partition coefficient (Wildman–Crippen LogP) is 3.01. The van der Waals surface area contributed by atoms with Gasteiger partial charge in [-0.1, -0.05) is 17.2 Å². The molecule has 0 fully saturated rings. The topological polar surface area (TPSA) is 86.5 Å². The SMILES string of the molecule is COc1cccc(C(=O)Nc2nnc(-c3cccc(OC)c3)o2)c1. The third-order valence-corrected chi connectivity index (χ3v) is 3.29.